The minimum absolute atomic E-state index is 0.247. The third-order valence-corrected chi connectivity index (χ3v) is 5.82. The van der Waals surface area contributed by atoms with Crippen molar-refractivity contribution in [3.63, 3.8) is 0 Å². The highest BCUT2D eigenvalue weighted by atomic mass is 32.1. The standard InChI is InChI=1S/C18H15N3O2S/c1-9-3-4-14-7-11-5-12(6-13(8-19)15(11)21(9)14)17-20-10(2)16(24-17)18(22)23/h5-7,9H,3-4H2,1-2H3,(H,22,23)/t9-/m1/s1. The largest absolute Gasteiger partial charge is 0.477 e. The van der Waals surface area contributed by atoms with Crippen molar-refractivity contribution in [1.29, 1.82) is 5.26 Å². The second kappa shape index (κ2) is 5.18. The number of rotatable bonds is 2. The lowest BCUT2D eigenvalue weighted by molar-refractivity contribution is 0.0701. The van der Waals surface area contributed by atoms with Crippen LogP contribution in [0.5, 0.6) is 0 Å². The number of carboxylic acid groups (broad SMARTS) is 1. The van der Waals surface area contributed by atoms with E-state index in [0.29, 0.717) is 22.3 Å². The number of carbonyl (C=O) groups is 1. The van der Waals surface area contributed by atoms with Gasteiger partial charge in [0.15, 0.2) is 0 Å². The van der Waals surface area contributed by atoms with Gasteiger partial charge in [0.05, 0.1) is 16.8 Å². The number of aryl methyl sites for hydroxylation is 2. The van der Waals surface area contributed by atoms with Gasteiger partial charge in [-0.25, -0.2) is 9.78 Å². The Morgan fingerprint density at radius 2 is 2.25 bits per heavy atom. The molecule has 6 heteroatoms. The Bertz CT molecular complexity index is 1040. The lowest BCUT2D eigenvalue weighted by Gasteiger charge is -2.10. The number of benzene rings is 1. The van der Waals surface area contributed by atoms with Gasteiger partial charge in [0.1, 0.15) is 16.0 Å². The molecule has 4 rings (SSSR count). The topological polar surface area (TPSA) is 78.9 Å². The summed E-state index contributed by atoms with van der Waals surface area (Å²) in [6.07, 6.45) is 2.13. The highest BCUT2D eigenvalue weighted by molar-refractivity contribution is 7.17. The van der Waals surface area contributed by atoms with Gasteiger partial charge < -0.3 is 9.67 Å². The molecule has 0 fully saturated rings. The predicted octanol–water partition coefficient (Wildman–Crippen LogP) is 4.15. The van der Waals surface area contributed by atoms with E-state index in [2.05, 4.69) is 28.6 Å². The third-order valence-electron chi connectivity index (χ3n) is 4.63. The number of aromatic carboxylic acids is 1. The first-order chi connectivity index (χ1) is 11.5. The molecular formula is C18H15N3O2S. The summed E-state index contributed by atoms with van der Waals surface area (Å²) in [7, 11) is 0. The second-order valence-corrected chi connectivity index (χ2v) is 7.20. The molecule has 5 nitrogen and oxygen atoms in total. The normalized spacial score (nSPS) is 16.3. The first-order valence-corrected chi connectivity index (χ1v) is 8.60. The van der Waals surface area contributed by atoms with Crippen LogP contribution >= 0.6 is 11.3 Å². The predicted molar refractivity (Wildman–Crippen MR) is 92.5 cm³/mol. The van der Waals surface area contributed by atoms with E-state index in [-0.39, 0.29) is 4.88 Å². The van der Waals surface area contributed by atoms with Crippen LogP contribution in [-0.4, -0.2) is 20.6 Å². The van der Waals surface area contributed by atoms with E-state index in [1.165, 1.54) is 5.69 Å². The Hall–Kier alpha value is -2.65. The van der Waals surface area contributed by atoms with Crippen molar-refractivity contribution in [1.82, 2.24) is 9.55 Å². The Morgan fingerprint density at radius 1 is 1.46 bits per heavy atom. The molecule has 0 saturated carbocycles. The molecule has 24 heavy (non-hydrogen) atoms. The van der Waals surface area contributed by atoms with Crippen LogP contribution in [0.3, 0.4) is 0 Å². The summed E-state index contributed by atoms with van der Waals surface area (Å²) >= 11 is 1.15. The minimum Gasteiger partial charge on any atom is -0.477 e. The summed E-state index contributed by atoms with van der Waals surface area (Å²) in [5, 5.41) is 20.5. The maximum absolute atomic E-state index is 11.2. The van der Waals surface area contributed by atoms with Crippen LogP contribution in [-0.2, 0) is 6.42 Å². The Balaban J connectivity index is 1.95. The molecule has 1 aliphatic rings. The van der Waals surface area contributed by atoms with Crippen LogP contribution in [0.1, 0.15) is 46.0 Å². The highest BCUT2D eigenvalue weighted by Crippen LogP contribution is 2.38. The monoisotopic (exact) mass is 337 g/mol. The summed E-state index contributed by atoms with van der Waals surface area (Å²) in [5.41, 5.74) is 4.17. The zero-order valence-electron chi connectivity index (χ0n) is 13.3. The SMILES string of the molecule is Cc1nc(-c2cc(C#N)c3c(c2)cc2n3[C@H](C)CC2)sc1C(=O)O. The van der Waals surface area contributed by atoms with E-state index in [0.717, 1.165) is 40.6 Å². The maximum atomic E-state index is 11.2. The van der Waals surface area contributed by atoms with E-state index in [9.17, 15) is 15.2 Å². The molecule has 0 unspecified atom stereocenters. The van der Waals surface area contributed by atoms with E-state index < -0.39 is 5.97 Å². The summed E-state index contributed by atoms with van der Waals surface area (Å²) in [6, 6.07) is 8.68. The van der Waals surface area contributed by atoms with Crippen molar-refractivity contribution in [3.8, 4) is 16.6 Å². The molecule has 120 valence electrons. The quantitative estimate of drug-likeness (QED) is 0.762. The lowest BCUT2D eigenvalue weighted by Crippen LogP contribution is -2.00. The smallest absolute Gasteiger partial charge is 0.347 e. The van der Waals surface area contributed by atoms with Crippen molar-refractivity contribution < 1.29 is 9.90 Å². The first kappa shape index (κ1) is 14.9. The number of nitriles is 1. The van der Waals surface area contributed by atoms with Crippen molar-refractivity contribution in [2.24, 2.45) is 0 Å². The van der Waals surface area contributed by atoms with Gasteiger partial charge in [0.25, 0.3) is 0 Å². The van der Waals surface area contributed by atoms with E-state index >= 15 is 0 Å². The molecular weight excluding hydrogens is 322 g/mol. The van der Waals surface area contributed by atoms with Crippen LogP contribution in [0.15, 0.2) is 18.2 Å². The third kappa shape index (κ3) is 2.05. The van der Waals surface area contributed by atoms with Gasteiger partial charge in [-0.3, -0.25) is 0 Å². The maximum Gasteiger partial charge on any atom is 0.347 e. The van der Waals surface area contributed by atoms with Crippen LogP contribution in [0.4, 0.5) is 0 Å². The molecule has 3 heterocycles. The van der Waals surface area contributed by atoms with Gasteiger partial charge in [-0.05, 0) is 44.9 Å². The molecule has 0 bridgehead atoms. The Kier molecular flexibility index (Phi) is 3.22. The van der Waals surface area contributed by atoms with Crippen LogP contribution in [0, 0.1) is 18.3 Å². The van der Waals surface area contributed by atoms with E-state index in [1.807, 2.05) is 12.1 Å². The first-order valence-electron chi connectivity index (χ1n) is 7.78. The summed E-state index contributed by atoms with van der Waals surface area (Å²) in [5.74, 6) is -0.963. The minimum atomic E-state index is -0.963. The van der Waals surface area contributed by atoms with Crippen molar-refractivity contribution in [2.45, 2.75) is 32.7 Å². The molecule has 1 atom stereocenters. The number of fused-ring (bicyclic) bond motifs is 3. The van der Waals surface area contributed by atoms with Gasteiger partial charge in [-0.15, -0.1) is 11.3 Å². The average Bonchev–Trinajstić information content (AvgIpc) is 3.20. The number of carboxylic acids is 1. The average molecular weight is 337 g/mol. The van der Waals surface area contributed by atoms with Crippen LogP contribution in [0.2, 0.25) is 0 Å². The van der Waals surface area contributed by atoms with Gasteiger partial charge >= 0.3 is 5.97 Å². The molecule has 2 aromatic heterocycles. The number of hydrogen-bond donors (Lipinski definition) is 1. The molecule has 1 N–H and O–H groups in total. The van der Waals surface area contributed by atoms with Crippen molar-refractivity contribution in [2.75, 3.05) is 0 Å². The highest BCUT2D eigenvalue weighted by Gasteiger charge is 2.24. The molecule has 0 aliphatic carbocycles. The molecule has 0 amide bonds. The second-order valence-electron chi connectivity index (χ2n) is 6.21. The van der Waals surface area contributed by atoms with Gasteiger partial charge in [-0.1, -0.05) is 0 Å². The van der Waals surface area contributed by atoms with Gasteiger partial charge in [0, 0.05) is 22.7 Å². The number of nitrogens with zero attached hydrogens (tertiary/aromatic N) is 3. The summed E-state index contributed by atoms with van der Waals surface area (Å²) in [6.45, 7) is 3.87. The van der Waals surface area contributed by atoms with Crippen molar-refractivity contribution in [3.05, 3.63) is 40.0 Å². The molecule has 3 aromatic rings. The zero-order valence-corrected chi connectivity index (χ0v) is 14.1. The molecule has 0 spiro atoms. The molecule has 0 saturated heterocycles. The fourth-order valence-electron chi connectivity index (χ4n) is 3.54. The van der Waals surface area contributed by atoms with E-state index in [4.69, 9.17) is 0 Å². The number of aromatic nitrogens is 2. The van der Waals surface area contributed by atoms with Gasteiger partial charge in [0.2, 0.25) is 0 Å². The van der Waals surface area contributed by atoms with Crippen LogP contribution < -0.4 is 0 Å². The molecule has 0 radical (unpaired) electrons. The zero-order chi connectivity index (χ0) is 17.0. The van der Waals surface area contributed by atoms with Crippen LogP contribution in [0.25, 0.3) is 21.5 Å². The fourth-order valence-corrected chi connectivity index (χ4v) is 4.43. The summed E-state index contributed by atoms with van der Waals surface area (Å²) < 4.78 is 2.26. The summed E-state index contributed by atoms with van der Waals surface area (Å²) in [4.78, 5) is 15.9. The molecule has 1 aliphatic heterocycles. The Morgan fingerprint density at radius 3 is 2.92 bits per heavy atom. The van der Waals surface area contributed by atoms with Crippen molar-refractivity contribution >= 4 is 28.2 Å². The fraction of sp³-hybridized carbons (Fsp3) is 0.278. The number of hydrogen-bond acceptors (Lipinski definition) is 4. The van der Waals surface area contributed by atoms with Gasteiger partial charge in [-0.2, -0.15) is 5.26 Å². The molecule has 1 aromatic carbocycles. The Labute approximate surface area is 142 Å². The lowest BCUT2D eigenvalue weighted by atomic mass is 10.1. The number of thiazole rings is 1. The van der Waals surface area contributed by atoms with E-state index in [1.54, 1.807) is 6.92 Å².